The number of alkyl carbamates (subject to hydrolysis) is 1. The van der Waals surface area contributed by atoms with E-state index in [9.17, 15) is 24.3 Å². The number of nitrogens with one attached hydrogen (secondary N) is 2. The first-order valence-corrected chi connectivity index (χ1v) is 18.0. The number of carboxylic acids is 1. The first kappa shape index (κ1) is 35.1. The molecule has 2 aliphatic heterocycles. The second-order valence-electron chi connectivity index (χ2n) is 14.1. The van der Waals surface area contributed by atoms with Gasteiger partial charge in [-0.1, -0.05) is 37.1 Å². The second kappa shape index (κ2) is 14.6. The van der Waals surface area contributed by atoms with Gasteiger partial charge in [-0.15, -0.1) is 0 Å². The summed E-state index contributed by atoms with van der Waals surface area (Å²) in [5, 5.41) is 19.6. The van der Waals surface area contributed by atoms with Crippen LogP contribution in [0.5, 0.6) is 11.8 Å². The number of ether oxygens (including phenoxy) is 3. The standard InChI is InChI=1S/C36H43N5O8S/c1-35(2,3)49-34(46)39-27-14-8-6-4-5-7-11-23-18-36(23,33(44)45)40-29(42)28-17-24(19-41(28)32(27)43)48-31-30(47-20-22-15-16-50-21-22)37-25-12-9-10-13-26(25)38-31/h7,9-13,15-16,21,23-24,27-28H,4-6,8,14,17-20H2,1-3H3,(H,39,46)(H,40,42)(H,44,45)/b11-7-/t23?,24-,27-,28?,36?/m1/s1. The average Bonchev–Trinajstić information content (AvgIpc) is 3.36. The summed E-state index contributed by atoms with van der Waals surface area (Å²) in [4.78, 5) is 64.4. The molecular formula is C36H43N5O8S. The van der Waals surface area contributed by atoms with Gasteiger partial charge in [0.25, 0.3) is 11.8 Å². The van der Waals surface area contributed by atoms with Crippen LogP contribution in [0.4, 0.5) is 4.79 Å². The zero-order valence-corrected chi connectivity index (χ0v) is 29.2. The molecule has 5 atom stereocenters. The molecule has 3 amide bonds. The Morgan fingerprint density at radius 1 is 1.10 bits per heavy atom. The maximum absolute atomic E-state index is 14.3. The number of thiophene rings is 1. The van der Waals surface area contributed by atoms with Gasteiger partial charge in [-0.3, -0.25) is 9.59 Å². The Balaban J connectivity index is 1.30. The second-order valence-corrected chi connectivity index (χ2v) is 14.8. The van der Waals surface area contributed by atoms with E-state index in [4.69, 9.17) is 14.2 Å². The number of carboxylic acid groups (broad SMARTS) is 1. The number of rotatable bonds is 7. The van der Waals surface area contributed by atoms with E-state index in [0.29, 0.717) is 23.9 Å². The van der Waals surface area contributed by atoms with Crippen LogP contribution < -0.4 is 20.1 Å². The number of nitrogens with zero attached hydrogens (tertiary/aromatic N) is 3. The summed E-state index contributed by atoms with van der Waals surface area (Å²) >= 11 is 1.55. The van der Waals surface area contributed by atoms with Crippen LogP contribution in [0.1, 0.15) is 71.3 Å². The number of hydrogen-bond donors (Lipinski definition) is 3. The summed E-state index contributed by atoms with van der Waals surface area (Å²) in [7, 11) is 0. The van der Waals surface area contributed by atoms with Crippen LogP contribution in [0.25, 0.3) is 11.0 Å². The summed E-state index contributed by atoms with van der Waals surface area (Å²) in [6, 6.07) is 7.17. The van der Waals surface area contributed by atoms with E-state index in [-0.39, 0.29) is 43.7 Å². The SMILES string of the molecule is CC(C)(C)OC(=O)N[C@@H]1CCCCC/C=C\C2CC2(C(=O)O)NC(=O)C2C[C@@H](Oc3nc4ccccc4nc3OCc3ccsc3)CN2C1=O. The van der Waals surface area contributed by atoms with Crippen molar-refractivity contribution >= 4 is 46.2 Å². The summed E-state index contributed by atoms with van der Waals surface area (Å²) in [5.74, 6) is -2.30. The number of benzene rings is 1. The van der Waals surface area contributed by atoms with Gasteiger partial charge in [-0.25, -0.2) is 19.6 Å². The first-order chi connectivity index (χ1) is 23.9. The number of carbonyl (C=O) groups excluding carboxylic acids is 3. The van der Waals surface area contributed by atoms with E-state index < -0.39 is 53.2 Å². The van der Waals surface area contributed by atoms with Gasteiger partial charge in [0.15, 0.2) is 0 Å². The monoisotopic (exact) mass is 705 g/mol. The largest absolute Gasteiger partial charge is 0.479 e. The van der Waals surface area contributed by atoms with Gasteiger partial charge in [-0.2, -0.15) is 11.3 Å². The van der Waals surface area contributed by atoms with Crippen LogP contribution in [-0.2, 0) is 25.7 Å². The molecule has 0 spiro atoms. The Bertz CT molecular complexity index is 1760. The highest BCUT2D eigenvalue weighted by Gasteiger charge is 2.61. The lowest BCUT2D eigenvalue weighted by Gasteiger charge is -2.30. The Morgan fingerprint density at radius 2 is 1.86 bits per heavy atom. The quantitative estimate of drug-likeness (QED) is 0.285. The van der Waals surface area contributed by atoms with Crippen LogP contribution in [-0.4, -0.2) is 79.7 Å². The number of hydrogen-bond acceptors (Lipinski definition) is 10. The summed E-state index contributed by atoms with van der Waals surface area (Å²) in [5.41, 5.74) is -0.109. The van der Waals surface area contributed by atoms with Crippen LogP contribution >= 0.6 is 11.3 Å². The third-order valence-electron chi connectivity index (χ3n) is 9.05. The predicted octanol–water partition coefficient (Wildman–Crippen LogP) is 4.99. The van der Waals surface area contributed by atoms with Crippen molar-refractivity contribution in [1.29, 1.82) is 0 Å². The lowest BCUT2D eigenvalue weighted by atomic mass is 10.0. The van der Waals surface area contributed by atoms with E-state index in [1.807, 2.05) is 47.2 Å². The third kappa shape index (κ3) is 8.18. The molecule has 1 saturated heterocycles. The van der Waals surface area contributed by atoms with Gasteiger partial charge < -0.3 is 34.9 Å². The van der Waals surface area contributed by atoms with Crippen molar-refractivity contribution < 1.29 is 38.5 Å². The van der Waals surface area contributed by atoms with E-state index in [2.05, 4.69) is 20.6 Å². The van der Waals surface area contributed by atoms with Crippen LogP contribution in [0.15, 0.2) is 53.2 Å². The molecule has 2 aromatic heterocycles. The van der Waals surface area contributed by atoms with Crippen molar-refractivity contribution in [2.24, 2.45) is 5.92 Å². The Morgan fingerprint density at radius 3 is 2.56 bits per heavy atom. The maximum Gasteiger partial charge on any atom is 0.408 e. The first-order valence-electron chi connectivity index (χ1n) is 17.0. The molecule has 3 unspecified atom stereocenters. The molecule has 1 saturated carbocycles. The molecule has 3 N–H and O–H groups in total. The molecule has 2 fully saturated rings. The smallest absolute Gasteiger partial charge is 0.408 e. The fourth-order valence-electron chi connectivity index (χ4n) is 6.42. The zero-order chi connectivity index (χ0) is 35.5. The van der Waals surface area contributed by atoms with Crippen molar-refractivity contribution in [3.05, 3.63) is 58.8 Å². The normalized spacial score (nSPS) is 26.4. The van der Waals surface area contributed by atoms with Gasteiger partial charge >= 0.3 is 12.1 Å². The molecule has 13 nitrogen and oxygen atoms in total. The molecular weight excluding hydrogens is 662 g/mol. The van der Waals surface area contributed by atoms with Crippen molar-refractivity contribution in [1.82, 2.24) is 25.5 Å². The van der Waals surface area contributed by atoms with Crippen LogP contribution in [0.3, 0.4) is 0 Å². The Kier molecular flexibility index (Phi) is 10.3. The van der Waals surface area contributed by atoms with Crippen molar-refractivity contribution in [2.75, 3.05) is 6.54 Å². The number of amides is 3. The number of aromatic nitrogens is 2. The third-order valence-corrected chi connectivity index (χ3v) is 9.79. The minimum absolute atomic E-state index is 0.0225. The van der Waals surface area contributed by atoms with Gasteiger partial charge in [0.1, 0.15) is 35.9 Å². The summed E-state index contributed by atoms with van der Waals surface area (Å²) < 4.78 is 18.0. The van der Waals surface area contributed by atoms with E-state index in [1.54, 1.807) is 38.2 Å². The number of aliphatic carboxylic acids is 1. The van der Waals surface area contributed by atoms with Crippen LogP contribution in [0, 0.1) is 5.92 Å². The molecule has 3 aromatic rings. The van der Waals surface area contributed by atoms with Gasteiger partial charge in [-0.05, 0) is 75.4 Å². The van der Waals surface area contributed by atoms with Crippen molar-refractivity contribution in [3.63, 3.8) is 0 Å². The molecule has 50 heavy (non-hydrogen) atoms. The van der Waals surface area contributed by atoms with Crippen LogP contribution in [0.2, 0.25) is 0 Å². The van der Waals surface area contributed by atoms with Gasteiger partial charge in [0, 0.05) is 17.9 Å². The fourth-order valence-corrected chi connectivity index (χ4v) is 7.07. The Labute approximate surface area is 294 Å². The lowest BCUT2D eigenvalue weighted by Crippen LogP contribution is -2.56. The topological polar surface area (TPSA) is 169 Å². The zero-order valence-electron chi connectivity index (χ0n) is 28.4. The molecule has 3 aliphatic rings. The number of para-hydroxylation sites is 2. The summed E-state index contributed by atoms with van der Waals surface area (Å²) in [6.45, 7) is 5.42. The molecule has 6 rings (SSSR count). The van der Waals surface area contributed by atoms with Crippen molar-refractivity contribution in [3.8, 4) is 11.8 Å². The molecule has 14 heteroatoms. The molecule has 1 aliphatic carbocycles. The molecule has 266 valence electrons. The number of fused-ring (bicyclic) bond motifs is 3. The lowest BCUT2D eigenvalue weighted by molar-refractivity contribution is -0.145. The van der Waals surface area contributed by atoms with E-state index in [1.165, 1.54) is 4.90 Å². The highest BCUT2D eigenvalue weighted by atomic mass is 32.1. The van der Waals surface area contributed by atoms with E-state index >= 15 is 0 Å². The Hall–Kier alpha value is -4.72. The van der Waals surface area contributed by atoms with E-state index in [0.717, 1.165) is 24.8 Å². The highest BCUT2D eigenvalue weighted by molar-refractivity contribution is 7.07. The summed E-state index contributed by atoms with van der Waals surface area (Å²) in [6.07, 6.45) is 5.98. The number of allylic oxidation sites excluding steroid dienone is 1. The van der Waals surface area contributed by atoms with Gasteiger partial charge in [0.05, 0.1) is 17.6 Å². The average molecular weight is 706 g/mol. The molecule has 0 radical (unpaired) electrons. The number of carbonyl (C=O) groups is 4. The van der Waals surface area contributed by atoms with Crippen molar-refractivity contribution in [2.45, 2.75) is 102 Å². The molecule has 4 heterocycles. The predicted molar refractivity (Wildman–Crippen MR) is 185 cm³/mol. The minimum atomic E-state index is -1.46. The molecule has 0 bridgehead atoms. The highest BCUT2D eigenvalue weighted by Crippen LogP contribution is 2.45. The maximum atomic E-state index is 14.3. The van der Waals surface area contributed by atoms with Gasteiger partial charge in [0.2, 0.25) is 11.8 Å². The fraction of sp³-hybridized carbons (Fsp3) is 0.500. The molecule has 1 aromatic carbocycles. The minimum Gasteiger partial charge on any atom is -0.479 e.